The summed E-state index contributed by atoms with van der Waals surface area (Å²) < 4.78 is 11.3. The van der Waals surface area contributed by atoms with E-state index in [1.54, 1.807) is 0 Å². The highest BCUT2D eigenvalue weighted by atomic mass is 16.5. The van der Waals surface area contributed by atoms with Gasteiger partial charge in [-0.1, -0.05) is 25.1 Å². The number of hydrogen-bond donors (Lipinski definition) is 1. The summed E-state index contributed by atoms with van der Waals surface area (Å²) in [4.78, 5) is 4.42. The molecule has 0 aliphatic carbocycles. The molecule has 0 radical (unpaired) electrons. The molecule has 2 aromatic rings. The second kappa shape index (κ2) is 8.27. The van der Waals surface area contributed by atoms with E-state index < -0.39 is 0 Å². The average molecular weight is 286 g/mol. The van der Waals surface area contributed by atoms with Gasteiger partial charge in [0.25, 0.3) is 0 Å². The fourth-order valence-corrected chi connectivity index (χ4v) is 1.91. The lowest BCUT2D eigenvalue weighted by molar-refractivity contribution is 0.266. The van der Waals surface area contributed by atoms with Crippen molar-refractivity contribution in [1.29, 1.82) is 0 Å². The SMILES string of the molecule is CCNCc1ccc(COc2ccccc2OCC)nc1. The van der Waals surface area contributed by atoms with Crippen LogP contribution >= 0.6 is 0 Å². The molecule has 0 saturated carbocycles. The smallest absolute Gasteiger partial charge is 0.161 e. The number of hydrogen-bond acceptors (Lipinski definition) is 4. The highest BCUT2D eigenvalue weighted by molar-refractivity contribution is 5.39. The van der Waals surface area contributed by atoms with Crippen LogP contribution in [0, 0.1) is 0 Å². The van der Waals surface area contributed by atoms with Crippen molar-refractivity contribution in [1.82, 2.24) is 10.3 Å². The molecule has 0 saturated heterocycles. The Kier molecular flexibility index (Phi) is 6.03. The Morgan fingerprint density at radius 1 is 1.00 bits per heavy atom. The van der Waals surface area contributed by atoms with Crippen LogP contribution in [0.4, 0.5) is 0 Å². The second-order valence-electron chi connectivity index (χ2n) is 4.61. The molecule has 112 valence electrons. The van der Waals surface area contributed by atoms with Gasteiger partial charge in [0.1, 0.15) is 6.61 Å². The van der Waals surface area contributed by atoms with Gasteiger partial charge in [-0.05, 0) is 37.2 Å². The monoisotopic (exact) mass is 286 g/mol. The van der Waals surface area contributed by atoms with E-state index >= 15 is 0 Å². The van der Waals surface area contributed by atoms with E-state index in [0.717, 1.165) is 30.3 Å². The normalized spacial score (nSPS) is 10.4. The first kappa shape index (κ1) is 15.3. The summed E-state index contributed by atoms with van der Waals surface area (Å²) >= 11 is 0. The average Bonchev–Trinajstić information content (AvgIpc) is 2.53. The third-order valence-corrected chi connectivity index (χ3v) is 2.99. The van der Waals surface area contributed by atoms with Crippen molar-refractivity contribution in [2.75, 3.05) is 13.2 Å². The van der Waals surface area contributed by atoms with E-state index in [1.807, 2.05) is 43.5 Å². The standard InChI is InChI=1S/C17H22N2O2/c1-3-18-11-14-9-10-15(19-12-14)13-21-17-8-6-5-7-16(17)20-4-2/h5-10,12,18H,3-4,11,13H2,1-2H3. The number of pyridine rings is 1. The highest BCUT2D eigenvalue weighted by Gasteiger charge is 2.04. The minimum Gasteiger partial charge on any atom is -0.490 e. The molecule has 0 aliphatic rings. The molecule has 1 heterocycles. The van der Waals surface area contributed by atoms with Gasteiger partial charge < -0.3 is 14.8 Å². The first-order valence-electron chi connectivity index (χ1n) is 7.32. The zero-order valence-corrected chi connectivity index (χ0v) is 12.6. The predicted octanol–water partition coefficient (Wildman–Crippen LogP) is 3.17. The van der Waals surface area contributed by atoms with Gasteiger partial charge in [-0.3, -0.25) is 4.98 Å². The molecule has 0 aliphatic heterocycles. The van der Waals surface area contributed by atoms with Crippen LogP contribution in [0.25, 0.3) is 0 Å². The molecule has 0 atom stereocenters. The fraction of sp³-hybridized carbons (Fsp3) is 0.353. The quantitative estimate of drug-likeness (QED) is 0.809. The van der Waals surface area contributed by atoms with Crippen LogP contribution in [-0.2, 0) is 13.2 Å². The van der Waals surface area contributed by atoms with Gasteiger partial charge in [0.05, 0.1) is 12.3 Å². The number of nitrogens with one attached hydrogen (secondary N) is 1. The lowest BCUT2D eigenvalue weighted by atomic mass is 10.2. The molecule has 0 fully saturated rings. The van der Waals surface area contributed by atoms with Crippen LogP contribution in [0.1, 0.15) is 25.1 Å². The third kappa shape index (κ3) is 4.76. The first-order chi connectivity index (χ1) is 10.3. The van der Waals surface area contributed by atoms with Gasteiger partial charge in [-0.2, -0.15) is 0 Å². The van der Waals surface area contributed by atoms with E-state index in [-0.39, 0.29) is 0 Å². The second-order valence-corrected chi connectivity index (χ2v) is 4.61. The van der Waals surface area contributed by atoms with E-state index in [2.05, 4.69) is 23.3 Å². The summed E-state index contributed by atoms with van der Waals surface area (Å²) in [7, 11) is 0. The summed E-state index contributed by atoms with van der Waals surface area (Å²) in [5.41, 5.74) is 2.08. The molecular formula is C17H22N2O2. The molecule has 0 bridgehead atoms. The van der Waals surface area contributed by atoms with Gasteiger partial charge in [-0.15, -0.1) is 0 Å². The van der Waals surface area contributed by atoms with Crippen LogP contribution in [-0.4, -0.2) is 18.1 Å². The van der Waals surface area contributed by atoms with Gasteiger partial charge in [0, 0.05) is 12.7 Å². The zero-order chi connectivity index (χ0) is 14.9. The summed E-state index contributed by atoms with van der Waals surface area (Å²) in [6, 6.07) is 11.8. The van der Waals surface area contributed by atoms with E-state index in [4.69, 9.17) is 9.47 Å². The minimum atomic E-state index is 0.436. The molecule has 1 aromatic carbocycles. The summed E-state index contributed by atoms with van der Waals surface area (Å²) in [5, 5.41) is 3.28. The molecular weight excluding hydrogens is 264 g/mol. The van der Waals surface area contributed by atoms with Gasteiger partial charge in [-0.25, -0.2) is 0 Å². The predicted molar refractivity (Wildman–Crippen MR) is 83.6 cm³/mol. The van der Waals surface area contributed by atoms with Gasteiger partial charge in [0.15, 0.2) is 11.5 Å². The molecule has 1 N–H and O–H groups in total. The Labute approximate surface area is 126 Å². The Bertz CT molecular complexity index is 541. The third-order valence-electron chi connectivity index (χ3n) is 2.99. The molecule has 4 heteroatoms. The maximum absolute atomic E-state index is 5.79. The van der Waals surface area contributed by atoms with Crippen molar-refractivity contribution in [3.8, 4) is 11.5 Å². The van der Waals surface area contributed by atoms with Crippen molar-refractivity contribution in [3.63, 3.8) is 0 Å². The van der Waals surface area contributed by atoms with Crippen LogP contribution < -0.4 is 14.8 Å². The number of nitrogens with zero attached hydrogens (tertiary/aromatic N) is 1. The number of rotatable bonds is 8. The van der Waals surface area contributed by atoms with E-state index in [9.17, 15) is 0 Å². The molecule has 21 heavy (non-hydrogen) atoms. The van der Waals surface area contributed by atoms with Crippen LogP contribution in [0.15, 0.2) is 42.6 Å². The Hall–Kier alpha value is -2.07. The van der Waals surface area contributed by atoms with Crippen molar-refractivity contribution < 1.29 is 9.47 Å². The summed E-state index contributed by atoms with van der Waals surface area (Å²) in [6.07, 6.45) is 1.88. The fourth-order valence-electron chi connectivity index (χ4n) is 1.91. The lowest BCUT2D eigenvalue weighted by Gasteiger charge is -2.11. The molecule has 2 rings (SSSR count). The van der Waals surface area contributed by atoms with Crippen molar-refractivity contribution in [2.45, 2.75) is 27.0 Å². The Balaban J connectivity index is 1.93. The molecule has 0 amide bonds. The van der Waals surface area contributed by atoms with Crippen molar-refractivity contribution in [2.24, 2.45) is 0 Å². The Morgan fingerprint density at radius 3 is 2.38 bits per heavy atom. The van der Waals surface area contributed by atoms with Crippen LogP contribution in [0.3, 0.4) is 0 Å². The highest BCUT2D eigenvalue weighted by Crippen LogP contribution is 2.26. The molecule has 4 nitrogen and oxygen atoms in total. The largest absolute Gasteiger partial charge is 0.490 e. The van der Waals surface area contributed by atoms with Crippen molar-refractivity contribution >= 4 is 0 Å². The molecule has 0 unspecified atom stereocenters. The zero-order valence-electron chi connectivity index (χ0n) is 12.6. The topological polar surface area (TPSA) is 43.4 Å². The minimum absolute atomic E-state index is 0.436. The van der Waals surface area contributed by atoms with Crippen LogP contribution in [0.5, 0.6) is 11.5 Å². The van der Waals surface area contributed by atoms with E-state index in [0.29, 0.717) is 13.2 Å². The first-order valence-corrected chi connectivity index (χ1v) is 7.32. The maximum Gasteiger partial charge on any atom is 0.161 e. The molecule has 1 aromatic heterocycles. The van der Waals surface area contributed by atoms with Crippen LogP contribution in [0.2, 0.25) is 0 Å². The van der Waals surface area contributed by atoms with Gasteiger partial charge in [0.2, 0.25) is 0 Å². The van der Waals surface area contributed by atoms with E-state index in [1.165, 1.54) is 5.56 Å². The number of aromatic nitrogens is 1. The van der Waals surface area contributed by atoms with Crippen molar-refractivity contribution in [3.05, 3.63) is 53.9 Å². The summed E-state index contributed by atoms with van der Waals surface area (Å²) in [6.45, 7) is 6.91. The Morgan fingerprint density at radius 2 is 1.76 bits per heavy atom. The van der Waals surface area contributed by atoms with Gasteiger partial charge >= 0.3 is 0 Å². The summed E-state index contributed by atoms with van der Waals surface area (Å²) in [5.74, 6) is 1.52. The lowest BCUT2D eigenvalue weighted by Crippen LogP contribution is -2.12. The molecule has 0 spiro atoms. The number of ether oxygens (including phenoxy) is 2. The number of para-hydroxylation sites is 2. The number of benzene rings is 1. The maximum atomic E-state index is 5.79.